The fraction of sp³-hybridized carbons (Fsp3) is 0.467. The molecule has 0 saturated carbocycles. The van der Waals surface area contributed by atoms with Gasteiger partial charge in [0.25, 0.3) is 0 Å². The van der Waals surface area contributed by atoms with Crippen molar-refractivity contribution in [3.05, 3.63) is 29.3 Å². The first-order valence-electron chi connectivity index (χ1n) is 7.14. The van der Waals surface area contributed by atoms with E-state index in [0.29, 0.717) is 6.04 Å². The van der Waals surface area contributed by atoms with E-state index in [4.69, 9.17) is 5.73 Å². The molecule has 3 rings (SSSR count). The molecule has 5 heteroatoms. The molecular weight excluding hydrogens is 250 g/mol. The molecule has 0 aliphatic carbocycles. The van der Waals surface area contributed by atoms with Crippen LogP contribution in [0.1, 0.15) is 24.0 Å². The van der Waals surface area contributed by atoms with Gasteiger partial charge in [0, 0.05) is 24.7 Å². The number of anilines is 1. The number of nitrogens with zero attached hydrogens (tertiary/aromatic N) is 3. The standard InChI is InChI=1S/C15H21N5/c1-10-3-4-12(9-11(10)2)14-17-15(19-18-14)20-7-5-13(16)6-8-20/h3-4,9,13H,5-8,16H2,1-2H3,(H,17,18,19). The van der Waals surface area contributed by atoms with Crippen LogP contribution in [0, 0.1) is 13.8 Å². The second-order valence-corrected chi connectivity index (χ2v) is 5.61. The van der Waals surface area contributed by atoms with Gasteiger partial charge >= 0.3 is 0 Å². The van der Waals surface area contributed by atoms with Crippen molar-refractivity contribution in [2.24, 2.45) is 5.73 Å². The molecule has 0 spiro atoms. The molecule has 1 fully saturated rings. The van der Waals surface area contributed by atoms with Crippen LogP contribution in [0.15, 0.2) is 18.2 Å². The summed E-state index contributed by atoms with van der Waals surface area (Å²) in [6.45, 7) is 6.10. The summed E-state index contributed by atoms with van der Waals surface area (Å²) >= 11 is 0. The number of piperidine rings is 1. The average Bonchev–Trinajstić information content (AvgIpc) is 2.92. The lowest BCUT2D eigenvalue weighted by Gasteiger charge is -2.28. The van der Waals surface area contributed by atoms with Gasteiger partial charge in [-0.2, -0.15) is 4.98 Å². The lowest BCUT2D eigenvalue weighted by atomic mass is 10.1. The summed E-state index contributed by atoms with van der Waals surface area (Å²) < 4.78 is 0. The summed E-state index contributed by atoms with van der Waals surface area (Å²) in [4.78, 5) is 6.82. The third kappa shape index (κ3) is 2.54. The second kappa shape index (κ2) is 5.25. The Labute approximate surface area is 119 Å². The van der Waals surface area contributed by atoms with Gasteiger partial charge in [0.1, 0.15) is 0 Å². The Bertz CT molecular complexity index is 596. The van der Waals surface area contributed by atoms with E-state index in [0.717, 1.165) is 43.3 Å². The fourth-order valence-electron chi connectivity index (χ4n) is 2.51. The van der Waals surface area contributed by atoms with Crippen LogP contribution in [0.3, 0.4) is 0 Å². The molecule has 1 aliphatic heterocycles. The van der Waals surface area contributed by atoms with Gasteiger partial charge in [-0.25, -0.2) is 0 Å². The summed E-state index contributed by atoms with van der Waals surface area (Å²) in [5.74, 6) is 1.61. The number of aromatic nitrogens is 3. The summed E-state index contributed by atoms with van der Waals surface area (Å²) in [5.41, 5.74) is 9.57. The third-order valence-corrected chi connectivity index (χ3v) is 4.08. The lowest BCUT2D eigenvalue weighted by molar-refractivity contribution is 0.496. The zero-order valence-corrected chi connectivity index (χ0v) is 12.1. The van der Waals surface area contributed by atoms with Crippen LogP contribution < -0.4 is 10.6 Å². The van der Waals surface area contributed by atoms with Crippen LogP contribution in [0.2, 0.25) is 0 Å². The van der Waals surface area contributed by atoms with Gasteiger partial charge in [-0.3, -0.25) is 5.10 Å². The molecule has 3 N–H and O–H groups in total. The molecule has 2 heterocycles. The number of H-pyrrole nitrogens is 1. The van der Waals surface area contributed by atoms with Crippen LogP contribution in [-0.4, -0.2) is 34.3 Å². The molecule has 0 radical (unpaired) electrons. The molecule has 5 nitrogen and oxygen atoms in total. The van der Waals surface area contributed by atoms with Crippen molar-refractivity contribution >= 4 is 5.95 Å². The Morgan fingerprint density at radius 2 is 1.95 bits per heavy atom. The summed E-state index contributed by atoms with van der Waals surface area (Å²) in [5, 5.41) is 7.39. The van der Waals surface area contributed by atoms with Gasteiger partial charge in [0.05, 0.1) is 0 Å². The average molecular weight is 271 g/mol. The zero-order chi connectivity index (χ0) is 14.1. The van der Waals surface area contributed by atoms with Crippen molar-refractivity contribution in [3.63, 3.8) is 0 Å². The van der Waals surface area contributed by atoms with Crippen molar-refractivity contribution in [1.29, 1.82) is 0 Å². The van der Waals surface area contributed by atoms with Crippen LogP contribution in [-0.2, 0) is 0 Å². The molecular formula is C15H21N5. The van der Waals surface area contributed by atoms with E-state index in [9.17, 15) is 0 Å². The Morgan fingerprint density at radius 1 is 1.20 bits per heavy atom. The predicted octanol–water partition coefficient (Wildman–Crippen LogP) is 2.02. The van der Waals surface area contributed by atoms with Crippen molar-refractivity contribution in [2.45, 2.75) is 32.7 Å². The van der Waals surface area contributed by atoms with Gasteiger partial charge in [0.2, 0.25) is 5.95 Å². The number of benzene rings is 1. The summed E-state index contributed by atoms with van der Waals surface area (Å²) in [6, 6.07) is 6.67. The van der Waals surface area contributed by atoms with Crippen molar-refractivity contribution in [1.82, 2.24) is 15.2 Å². The minimum atomic E-state index is 0.324. The molecule has 0 amide bonds. The van der Waals surface area contributed by atoms with E-state index >= 15 is 0 Å². The van der Waals surface area contributed by atoms with Crippen LogP contribution in [0.25, 0.3) is 11.4 Å². The number of hydrogen-bond acceptors (Lipinski definition) is 4. The maximum absolute atomic E-state index is 5.93. The van der Waals surface area contributed by atoms with Crippen LogP contribution >= 0.6 is 0 Å². The summed E-state index contributed by atoms with van der Waals surface area (Å²) in [6.07, 6.45) is 2.01. The normalized spacial score (nSPS) is 16.6. The molecule has 1 aliphatic rings. The Morgan fingerprint density at radius 3 is 2.65 bits per heavy atom. The number of hydrogen-bond donors (Lipinski definition) is 2. The lowest BCUT2D eigenvalue weighted by Crippen LogP contribution is -2.40. The number of nitrogens with one attached hydrogen (secondary N) is 1. The highest BCUT2D eigenvalue weighted by molar-refractivity contribution is 5.58. The minimum Gasteiger partial charge on any atom is -0.339 e. The first kappa shape index (κ1) is 13.1. The Balaban J connectivity index is 1.81. The fourth-order valence-corrected chi connectivity index (χ4v) is 2.51. The first-order chi connectivity index (χ1) is 9.63. The number of rotatable bonds is 2. The number of aromatic amines is 1. The monoisotopic (exact) mass is 271 g/mol. The number of nitrogens with two attached hydrogens (primary N) is 1. The molecule has 0 atom stereocenters. The molecule has 106 valence electrons. The highest BCUT2D eigenvalue weighted by atomic mass is 15.4. The van der Waals surface area contributed by atoms with E-state index in [1.54, 1.807) is 0 Å². The Hall–Kier alpha value is -1.88. The Kier molecular flexibility index (Phi) is 3.44. The van der Waals surface area contributed by atoms with Crippen LogP contribution in [0.5, 0.6) is 0 Å². The molecule has 0 unspecified atom stereocenters. The van der Waals surface area contributed by atoms with E-state index in [1.165, 1.54) is 11.1 Å². The van der Waals surface area contributed by atoms with E-state index in [1.807, 2.05) is 0 Å². The smallest absolute Gasteiger partial charge is 0.245 e. The van der Waals surface area contributed by atoms with Gasteiger partial charge < -0.3 is 10.6 Å². The zero-order valence-electron chi connectivity index (χ0n) is 12.1. The highest BCUT2D eigenvalue weighted by Gasteiger charge is 2.19. The highest BCUT2D eigenvalue weighted by Crippen LogP contribution is 2.22. The van der Waals surface area contributed by atoms with E-state index < -0.39 is 0 Å². The molecule has 1 saturated heterocycles. The number of aryl methyl sites for hydroxylation is 2. The van der Waals surface area contributed by atoms with Crippen molar-refractivity contribution in [3.8, 4) is 11.4 Å². The van der Waals surface area contributed by atoms with Gasteiger partial charge in [-0.05, 0) is 43.9 Å². The molecule has 20 heavy (non-hydrogen) atoms. The topological polar surface area (TPSA) is 70.8 Å². The second-order valence-electron chi connectivity index (χ2n) is 5.61. The van der Waals surface area contributed by atoms with Gasteiger partial charge in [-0.15, -0.1) is 5.10 Å². The van der Waals surface area contributed by atoms with Crippen molar-refractivity contribution < 1.29 is 0 Å². The predicted molar refractivity (Wildman–Crippen MR) is 80.7 cm³/mol. The molecule has 1 aromatic heterocycles. The first-order valence-corrected chi connectivity index (χ1v) is 7.14. The summed E-state index contributed by atoms with van der Waals surface area (Å²) in [7, 11) is 0. The maximum Gasteiger partial charge on any atom is 0.245 e. The molecule has 1 aromatic carbocycles. The van der Waals surface area contributed by atoms with Crippen LogP contribution in [0.4, 0.5) is 5.95 Å². The van der Waals surface area contributed by atoms with Gasteiger partial charge in [0.15, 0.2) is 5.82 Å². The molecule has 2 aromatic rings. The molecule has 0 bridgehead atoms. The van der Waals surface area contributed by atoms with E-state index in [-0.39, 0.29) is 0 Å². The van der Waals surface area contributed by atoms with Crippen molar-refractivity contribution in [2.75, 3.05) is 18.0 Å². The van der Waals surface area contributed by atoms with Gasteiger partial charge in [-0.1, -0.05) is 12.1 Å². The SMILES string of the molecule is Cc1ccc(-c2nc(N3CCC(N)CC3)n[nH]2)cc1C. The van der Waals surface area contributed by atoms with E-state index in [2.05, 4.69) is 52.1 Å². The quantitative estimate of drug-likeness (QED) is 0.876. The third-order valence-electron chi connectivity index (χ3n) is 4.08. The maximum atomic E-state index is 5.93. The largest absolute Gasteiger partial charge is 0.339 e. The minimum absolute atomic E-state index is 0.324.